The molecule has 1 unspecified atom stereocenters. The summed E-state index contributed by atoms with van der Waals surface area (Å²) in [5.41, 5.74) is 2.27. The van der Waals surface area contributed by atoms with Gasteiger partial charge in [0.05, 0.1) is 10.7 Å². The van der Waals surface area contributed by atoms with E-state index in [1.807, 2.05) is 42.7 Å². The van der Waals surface area contributed by atoms with Gasteiger partial charge >= 0.3 is 0 Å². The maximum absolute atomic E-state index is 4.71. The third kappa shape index (κ3) is 4.26. The second kappa shape index (κ2) is 7.36. The Hall–Kier alpha value is -1.53. The van der Waals surface area contributed by atoms with Crippen molar-refractivity contribution in [1.29, 1.82) is 0 Å². The van der Waals surface area contributed by atoms with Crippen molar-refractivity contribution in [2.24, 2.45) is 0 Å². The second-order valence-electron chi connectivity index (χ2n) is 6.53. The van der Waals surface area contributed by atoms with E-state index in [0.717, 1.165) is 23.8 Å². The van der Waals surface area contributed by atoms with Crippen LogP contribution < -0.4 is 4.90 Å². The summed E-state index contributed by atoms with van der Waals surface area (Å²) in [4.78, 5) is 19.1. The van der Waals surface area contributed by atoms with Gasteiger partial charge in [0.25, 0.3) is 0 Å². The molecule has 0 amide bonds. The number of hydrogen-bond donors (Lipinski definition) is 0. The van der Waals surface area contributed by atoms with Crippen LogP contribution in [-0.2, 0) is 6.54 Å². The summed E-state index contributed by atoms with van der Waals surface area (Å²) in [7, 11) is 6.03. The molecule has 0 bridgehead atoms. The van der Waals surface area contributed by atoms with Gasteiger partial charge in [0.2, 0.25) is 5.95 Å². The monoisotopic (exact) mass is 333 g/mol. The molecule has 2 aromatic rings. The summed E-state index contributed by atoms with van der Waals surface area (Å²) in [5, 5.41) is 1.22. The van der Waals surface area contributed by atoms with Gasteiger partial charge in [-0.2, -0.15) is 0 Å². The van der Waals surface area contributed by atoms with Crippen molar-refractivity contribution in [1.82, 2.24) is 19.9 Å². The van der Waals surface area contributed by atoms with Crippen LogP contribution in [0.1, 0.15) is 53.9 Å². The van der Waals surface area contributed by atoms with Gasteiger partial charge in [-0.3, -0.25) is 4.90 Å². The van der Waals surface area contributed by atoms with Gasteiger partial charge in [-0.05, 0) is 20.9 Å². The Morgan fingerprint density at radius 1 is 1.09 bits per heavy atom. The molecule has 0 fully saturated rings. The van der Waals surface area contributed by atoms with Crippen molar-refractivity contribution < 1.29 is 0 Å². The van der Waals surface area contributed by atoms with Gasteiger partial charge in [-0.15, -0.1) is 11.3 Å². The lowest BCUT2D eigenvalue weighted by atomic mass is 10.2. The maximum atomic E-state index is 4.71. The van der Waals surface area contributed by atoms with Crippen LogP contribution in [-0.4, -0.2) is 41.0 Å². The number of rotatable bonds is 6. The first kappa shape index (κ1) is 17.8. The van der Waals surface area contributed by atoms with E-state index in [-0.39, 0.29) is 0 Å². The zero-order valence-electron chi connectivity index (χ0n) is 15.2. The number of hydrogen-bond acceptors (Lipinski definition) is 6. The highest BCUT2D eigenvalue weighted by Crippen LogP contribution is 2.32. The van der Waals surface area contributed by atoms with Crippen molar-refractivity contribution in [2.75, 3.05) is 26.0 Å². The van der Waals surface area contributed by atoms with E-state index in [0.29, 0.717) is 12.0 Å². The number of aryl methyl sites for hydroxylation is 1. The maximum Gasteiger partial charge on any atom is 0.224 e. The Balaban J connectivity index is 2.09. The van der Waals surface area contributed by atoms with Gasteiger partial charge in [0.15, 0.2) is 0 Å². The minimum absolute atomic E-state index is 0.327. The van der Waals surface area contributed by atoms with Crippen molar-refractivity contribution in [3.05, 3.63) is 33.5 Å². The molecule has 2 aromatic heterocycles. The molecule has 126 valence electrons. The molecule has 0 aromatic carbocycles. The van der Waals surface area contributed by atoms with E-state index < -0.39 is 0 Å². The lowest BCUT2D eigenvalue weighted by Gasteiger charge is -2.24. The third-order valence-corrected chi connectivity index (χ3v) is 5.54. The quantitative estimate of drug-likeness (QED) is 0.808. The van der Waals surface area contributed by atoms with E-state index in [4.69, 9.17) is 4.98 Å². The lowest BCUT2D eigenvalue weighted by Crippen LogP contribution is -2.22. The standard InChI is InChI=1S/C17H27N5S/c1-11(2)16-20-12(3)15(23-16)13(4)22(7)10-14-8-18-17(19-9-14)21(5)6/h8-9,11,13H,10H2,1-7H3. The first-order valence-corrected chi connectivity index (χ1v) is 8.77. The number of aromatic nitrogens is 3. The minimum atomic E-state index is 0.327. The van der Waals surface area contributed by atoms with E-state index >= 15 is 0 Å². The Kier molecular flexibility index (Phi) is 5.70. The fourth-order valence-electron chi connectivity index (χ4n) is 2.35. The molecule has 5 nitrogen and oxygen atoms in total. The molecule has 0 N–H and O–H groups in total. The fourth-order valence-corrected chi connectivity index (χ4v) is 3.54. The fraction of sp³-hybridized carbons (Fsp3) is 0.588. The van der Waals surface area contributed by atoms with Gasteiger partial charge in [0.1, 0.15) is 0 Å². The number of thiazole rings is 1. The molecule has 6 heteroatoms. The summed E-state index contributed by atoms with van der Waals surface area (Å²) in [6.07, 6.45) is 3.81. The Morgan fingerprint density at radius 2 is 1.70 bits per heavy atom. The van der Waals surface area contributed by atoms with E-state index in [9.17, 15) is 0 Å². The minimum Gasteiger partial charge on any atom is -0.347 e. The zero-order chi connectivity index (χ0) is 17.1. The van der Waals surface area contributed by atoms with Crippen LogP contribution in [0.3, 0.4) is 0 Å². The number of nitrogens with zero attached hydrogens (tertiary/aromatic N) is 5. The van der Waals surface area contributed by atoms with Crippen LogP contribution in [0.5, 0.6) is 0 Å². The number of anilines is 1. The zero-order valence-corrected chi connectivity index (χ0v) is 16.0. The molecule has 0 aliphatic rings. The molecule has 2 heterocycles. The van der Waals surface area contributed by atoms with Gasteiger partial charge in [-0.25, -0.2) is 15.0 Å². The van der Waals surface area contributed by atoms with E-state index in [1.54, 1.807) is 0 Å². The molecule has 23 heavy (non-hydrogen) atoms. The molecule has 0 aliphatic carbocycles. The van der Waals surface area contributed by atoms with Crippen molar-refractivity contribution in [3.8, 4) is 0 Å². The molecule has 0 saturated heterocycles. The van der Waals surface area contributed by atoms with Crippen molar-refractivity contribution in [2.45, 2.75) is 46.2 Å². The Labute approximate surface area is 143 Å². The van der Waals surface area contributed by atoms with Crippen molar-refractivity contribution >= 4 is 17.3 Å². The van der Waals surface area contributed by atoms with E-state index in [1.165, 1.54) is 9.88 Å². The van der Waals surface area contributed by atoms with Crippen LogP contribution in [0.2, 0.25) is 0 Å². The molecule has 1 atom stereocenters. The normalized spacial score (nSPS) is 12.9. The summed E-state index contributed by atoms with van der Waals surface area (Å²) in [6.45, 7) is 9.56. The summed E-state index contributed by atoms with van der Waals surface area (Å²) in [5.74, 6) is 1.22. The Morgan fingerprint density at radius 3 is 2.17 bits per heavy atom. The molecule has 2 rings (SSSR count). The molecule has 0 spiro atoms. The van der Waals surface area contributed by atoms with E-state index in [2.05, 4.69) is 49.6 Å². The SMILES string of the molecule is Cc1nc(C(C)C)sc1C(C)N(C)Cc1cnc(N(C)C)nc1. The molecular formula is C17H27N5S. The lowest BCUT2D eigenvalue weighted by molar-refractivity contribution is 0.255. The predicted octanol–water partition coefficient (Wildman–Crippen LogP) is 3.62. The predicted molar refractivity (Wildman–Crippen MR) is 97.2 cm³/mol. The van der Waals surface area contributed by atoms with Crippen LogP contribution in [0.25, 0.3) is 0 Å². The van der Waals surface area contributed by atoms with Gasteiger partial charge in [0, 0.05) is 55.4 Å². The van der Waals surface area contributed by atoms with Crippen LogP contribution in [0.4, 0.5) is 5.95 Å². The molecule has 0 radical (unpaired) electrons. The Bertz CT molecular complexity index is 633. The highest BCUT2D eigenvalue weighted by molar-refractivity contribution is 7.11. The highest BCUT2D eigenvalue weighted by atomic mass is 32.1. The highest BCUT2D eigenvalue weighted by Gasteiger charge is 2.19. The molecule has 0 saturated carbocycles. The van der Waals surface area contributed by atoms with Crippen molar-refractivity contribution in [3.63, 3.8) is 0 Å². The van der Waals surface area contributed by atoms with Gasteiger partial charge in [-0.1, -0.05) is 13.8 Å². The largest absolute Gasteiger partial charge is 0.347 e. The summed E-state index contributed by atoms with van der Waals surface area (Å²) >= 11 is 1.83. The van der Waals surface area contributed by atoms with Crippen LogP contribution in [0.15, 0.2) is 12.4 Å². The first-order chi connectivity index (χ1) is 10.8. The average molecular weight is 334 g/mol. The first-order valence-electron chi connectivity index (χ1n) is 7.95. The average Bonchev–Trinajstić information content (AvgIpc) is 2.89. The van der Waals surface area contributed by atoms with Crippen LogP contribution in [0, 0.1) is 6.92 Å². The summed E-state index contributed by atoms with van der Waals surface area (Å²) < 4.78 is 0. The van der Waals surface area contributed by atoms with Crippen LogP contribution >= 0.6 is 11.3 Å². The topological polar surface area (TPSA) is 45.2 Å². The molecular weight excluding hydrogens is 306 g/mol. The molecule has 0 aliphatic heterocycles. The summed E-state index contributed by atoms with van der Waals surface area (Å²) in [6, 6.07) is 0.327. The smallest absolute Gasteiger partial charge is 0.224 e. The van der Waals surface area contributed by atoms with Gasteiger partial charge < -0.3 is 4.90 Å². The second-order valence-corrected chi connectivity index (χ2v) is 7.60. The third-order valence-electron chi connectivity index (χ3n) is 3.91.